The van der Waals surface area contributed by atoms with Crippen molar-refractivity contribution in [2.75, 3.05) is 25.6 Å². The van der Waals surface area contributed by atoms with Crippen LogP contribution in [0.3, 0.4) is 0 Å². The summed E-state index contributed by atoms with van der Waals surface area (Å²) in [5.41, 5.74) is 0.884. The average Bonchev–Trinajstić information content (AvgIpc) is 2.52. The van der Waals surface area contributed by atoms with Crippen molar-refractivity contribution in [3.63, 3.8) is 0 Å². The summed E-state index contributed by atoms with van der Waals surface area (Å²) in [4.78, 5) is 10.1. The number of hydrogen-bond acceptors (Lipinski definition) is 5. The standard InChI is InChI=1S/C15H16N2O4/c1-20-14-4-2-3-5-15(14)21-11-10-16-12-6-8-13(9-7-12)17(18)19/h2-9,16H,10-11H2,1H3. The van der Waals surface area contributed by atoms with Gasteiger partial charge in [0.2, 0.25) is 0 Å². The topological polar surface area (TPSA) is 73.6 Å². The highest BCUT2D eigenvalue weighted by atomic mass is 16.6. The Morgan fingerprint density at radius 2 is 1.76 bits per heavy atom. The van der Waals surface area contributed by atoms with E-state index in [1.165, 1.54) is 12.1 Å². The summed E-state index contributed by atoms with van der Waals surface area (Å²) < 4.78 is 10.8. The van der Waals surface area contributed by atoms with Crippen LogP contribution in [0.15, 0.2) is 48.5 Å². The van der Waals surface area contributed by atoms with Crippen LogP contribution < -0.4 is 14.8 Å². The minimum Gasteiger partial charge on any atom is -0.493 e. The number of nitrogens with one attached hydrogen (secondary N) is 1. The summed E-state index contributed by atoms with van der Waals surface area (Å²) in [7, 11) is 1.59. The Morgan fingerprint density at radius 1 is 1.10 bits per heavy atom. The number of anilines is 1. The summed E-state index contributed by atoms with van der Waals surface area (Å²) in [5.74, 6) is 1.37. The van der Waals surface area contributed by atoms with Crippen LogP contribution in [0.4, 0.5) is 11.4 Å². The fourth-order valence-electron chi connectivity index (χ4n) is 1.80. The minimum atomic E-state index is -0.422. The maximum Gasteiger partial charge on any atom is 0.269 e. The average molecular weight is 288 g/mol. The molecule has 1 N–H and O–H groups in total. The van der Waals surface area contributed by atoms with E-state index < -0.39 is 4.92 Å². The Balaban J connectivity index is 1.80. The Bertz CT molecular complexity index is 599. The van der Waals surface area contributed by atoms with Crippen LogP contribution in [0.5, 0.6) is 11.5 Å². The number of nitro benzene ring substituents is 1. The fourth-order valence-corrected chi connectivity index (χ4v) is 1.80. The minimum absolute atomic E-state index is 0.0748. The number of nitro groups is 1. The van der Waals surface area contributed by atoms with Gasteiger partial charge in [-0.15, -0.1) is 0 Å². The Kier molecular flexibility index (Phi) is 4.98. The van der Waals surface area contributed by atoms with Crippen molar-refractivity contribution in [1.82, 2.24) is 0 Å². The highest BCUT2D eigenvalue weighted by Gasteiger charge is 2.04. The summed E-state index contributed by atoms with van der Waals surface area (Å²) in [6, 6.07) is 13.7. The summed E-state index contributed by atoms with van der Waals surface area (Å²) in [6.07, 6.45) is 0. The normalized spacial score (nSPS) is 9.95. The molecule has 0 unspecified atom stereocenters. The van der Waals surface area contributed by atoms with E-state index >= 15 is 0 Å². The third kappa shape index (κ3) is 4.10. The molecule has 2 aromatic carbocycles. The van der Waals surface area contributed by atoms with E-state index in [1.54, 1.807) is 19.2 Å². The molecule has 21 heavy (non-hydrogen) atoms. The number of non-ortho nitro benzene ring substituents is 1. The molecule has 0 bridgehead atoms. The molecule has 0 aliphatic rings. The second kappa shape index (κ2) is 7.14. The molecule has 6 heteroatoms. The van der Waals surface area contributed by atoms with E-state index in [-0.39, 0.29) is 5.69 Å². The monoisotopic (exact) mass is 288 g/mol. The molecular formula is C15H16N2O4. The van der Waals surface area contributed by atoms with Gasteiger partial charge in [-0.1, -0.05) is 12.1 Å². The molecule has 0 fully saturated rings. The second-order valence-electron chi connectivity index (χ2n) is 4.23. The van der Waals surface area contributed by atoms with E-state index in [0.29, 0.717) is 24.7 Å². The van der Waals surface area contributed by atoms with E-state index in [9.17, 15) is 10.1 Å². The highest BCUT2D eigenvalue weighted by molar-refractivity contribution is 5.48. The summed E-state index contributed by atoms with van der Waals surface area (Å²) >= 11 is 0. The van der Waals surface area contributed by atoms with E-state index in [0.717, 1.165) is 5.69 Å². The molecule has 0 aromatic heterocycles. The molecule has 2 rings (SSSR count). The first-order valence-corrected chi connectivity index (χ1v) is 6.45. The third-order valence-corrected chi connectivity index (χ3v) is 2.84. The molecule has 0 spiro atoms. The molecule has 0 aliphatic carbocycles. The van der Waals surface area contributed by atoms with Gasteiger partial charge in [-0.3, -0.25) is 10.1 Å². The second-order valence-corrected chi connectivity index (χ2v) is 4.23. The molecule has 0 saturated heterocycles. The highest BCUT2D eigenvalue weighted by Crippen LogP contribution is 2.25. The maximum absolute atomic E-state index is 10.5. The van der Waals surface area contributed by atoms with Gasteiger partial charge in [0.1, 0.15) is 6.61 Å². The number of benzene rings is 2. The lowest BCUT2D eigenvalue weighted by molar-refractivity contribution is -0.384. The van der Waals surface area contributed by atoms with Crippen molar-refractivity contribution in [1.29, 1.82) is 0 Å². The van der Waals surface area contributed by atoms with Crippen molar-refractivity contribution in [2.24, 2.45) is 0 Å². The molecule has 2 aromatic rings. The van der Waals surface area contributed by atoms with Gasteiger partial charge in [-0.05, 0) is 24.3 Å². The number of methoxy groups -OCH3 is 1. The van der Waals surface area contributed by atoms with Gasteiger partial charge in [0.05, 0.1) is 12.0 Å². The molecular weight excluding hydrogens is 272 g/mol. The van der Waals surface area contributed by atoms with E-state index in [4.69, 9.17) is 9.47 Å². The van der Waals surface area contributed by atoms with Crippen molar-refractivity contribution in [3.05, 3.63) is 58.6 Å². The van der Waals surface area contributed by atoms with Crippen LogP contribution in [-0.2, 0) is 0 Å². The van der Waals surface area contributed by atoms with Crippen LogP contribution in [0.2, 0.25) is 0 Å². The van der Waals surface area contributed by atoms with Crippen LogP contribution in [0.25, 0.3) is 0 Å². The number of hydrogen-bond donors (Lipinski definition) is 1. The van der Waals surface area contributed by atoms with Crippen LogP contribution in [0, 0.1) is 10.1 Å². The lowest BCUT2D eigenvalue weighted by Crippen LogP contribution is -2.11. The lowest BCUT2D eigenvalue weighted by atomic mass is 10.3. The van der Waals surface area contributed by atoms with Gasteiger partial charge in [0.25, 0.3) is 5.69 Å². The molecule has 0 saturated carbocycles. The number of rotatable bonds is 7. The Labute approximate surface area is 122 Å². The first-order chi connectivity index (χ1) is 10.2. The first-order valence-electron chi connectivity index (χ1n) is 6.45. The number of ether oxygens (including phenoxy) is 2. The predicted octanol–water partition coefficient (Wildman–Crippen LogP) is 3.09. The zero-order chi connectivity index (χ0) is 15.1. The van der Waals surface area contributed by atoms with Gasteiger partial charge in [-0.2, -0.15) is 0 Å². The SMILES string of the molecule is COc1ccccc1OCCNc1ccc([N+](=O)[O-])cc1. The van der Waals surface area contributed by atoms with Crippen molar-refractivity contribution in [2.45, 2.75) is 0 Å². The molecule has 6 nitrogen and oxygen atoms in total. The van der Waals surface area contributed by atoms with Gasteiger partial charge in [-0.25, -0.2) is 0 Å². The van der Waals surface area contributed by atoms with Gasteiger partial charge in [0.15, 0.2) is 11.5 Å². The number of nitrogens with zero attached hydrogens (tertiary/aromatic N) is 1. The van der Waals surface area contributed by atoms with Crippen LogP contribution >= 0.6 is 0 Å². The Hall–Kier alpha value is -2.76. The zero-order valence-electron chi connectivity index (χ0n) is 11.6. The molecule has 0 amide bonds. The van der Waals surface area contributed by atoms with Crippen molar-refractivity contribution < 1.29 is 14.4 Å². The third-order valence-electron chi connectivity index (χ3n) is 2.84. The molecule has 0 atom stereocenters. The Morgan fingerprint density at radius 3 is 2.38 bits per heavy atom. The van der Waals surface area contributed by atoms with Crippen LogP contribution in [0.1, 0.15) is 0 Å². The van der Waals surface area contributed by atoms with Crippen molar-refractivity contribution in [3.8, 4) is 11.5 Å². The van der Waals surface area contributed by atoms with E-state index in [1.807, 2.05) is 24.3 Å². The van der Waals surface area contributed by atoms with Gasteiger partial charge >= 0.3 is 0 Å². The first kappa shape index (κ1) is 14.6. The van der Waals surface area contributed by atoms with Crippen molar-refractivity contribution >= 4 is 11.4 Å². The lowest BCUT2D eigenvalue weighted by Gasteiger charge is -2.11. The molecule has 110 valence electrons. The molecule has 0 radical (unpaired) electrons. The van der Waals surface area contributed by atoms with E-state index in [2.05, 4.69) is 5.32 Å². The number of para-hydroxylation sites is 2. The smallest absolute Gasteiger partial charge is 0.269 e. The fraction of sp³-hybridized carbons (Fsp3) is 0.200. The van der Waals surface area contributed by atoms with Crippen LogP contribution in [-0.4, -0.2) is 25.2 Å². The zero-order valence-corrected chi connectivity index (χ0v) is 11.6. The largest absolute Gasteiger partial charge is 0.493 e. The van der Waals surface area contributed by atoms with Gasteiger partial charge in [0, 0.05) is 24.4 Å². The summed E-state index contributed by atoms with van der Waals surface area (Å²) in [5, 5.41) is 13.7. The molecule has 0 heterocycles. The summed E-state index contributed by atoms with van der Waals surface area (Å²) in [6.45, 7) is 1.03. The maximum atomic E-state index is 10.5. The quantitative estimate of drug-likeness (QED) is 0.481. The molecule has 0 aliphatic heterocycles. The van der Waals surface area contributed by atoms with Gasteiger partial charge < -0.3 is 14.8 Å². The predicted molar refractivity (Wildman–Crippen MR) is 80.1 cm³/mol.